The molecular formula is C15H21NO4. The molecule has 1 N–H and O–H groups in total. The molecule has 0 radical (unpaired) electrons. The van der Waals surface area contributed by atoms with Crippen molar-refractivity contribution in [3.8, 4) is 11.5 Å². The fraction of sp³-hybridized carbons (Fsp3) is 0.533. The number of carbonyl (C=O) groups is 1. The number of morpholine rings is 1. The first kappa shape index (κ1) is 14.7. The summed E-state index contributed by atoms with van der Waals surface area (Å²) in [5, 5.41) is 3.34. The van der Waals surface area contributed by atoms with Crippen molar-refractivity contribution < 1.29 is 19.0 Å². The topological polar surface area (TPSA) is 56.8 Å². The van der Waals surface area contributed by atoms with E-state index in [1.54, 1.807) is 14.2 Å². The summed E-state index contributed by atoms with van der Waals surface area (Å²) in [4.78, 5) is 11.7. The van der Waals surface area contributed by atoms with Gasteiger partial charge in [-0.05, 0) is 23.6 Å². The van der Waals surface area contributed by atoms with Crippen LogP contribution in [0.15, 0.2) is 18.2 Å². The molecule has 1 fully saturated rings. The molecule has 0 aliphatic carbocycles. The molecule has 0 unspecified atom stereocenters. The molecule has 1 heterocycles. The smallest absolute Gasteiger partial charge is 0.323 e. The Morgan fingerprint density at radius 2 is 1.95 bits per heavy atom. The van der Waals surface area contributed by atoms with E-state index < -0.39 is 0 Å². The normalized spacial score (nSPS) is 22.6. The van der Waals surface area contributed by atoms with E-state index >= 15 is 0 Å². The third-order valence-electron chi connectivity index (χ3n) is 3.50. The molecule has 20 heavy (non-hydrogen) atoms. The Morgan fingerprint density at radius 1 is 1.25 bits per heavy atom. The predicted octanol–water partition coefficient (Wildman–Crippen LogP) is 1.92. The molecule has 1 aliphatic heterocycles. The Hall–Kier alpha value is -1.75. The highest BCUT2D eigenvalue weighted by atomic mass is 16.5. The van der Waals surface area contributed by atoms with Gasteiger partial charge in [-0.3, -0.25) is 10.1 Å². The number of ether oxygens (including phenoxy) is 3. The van der Waals surface area contributed by atoms with Gasteiger partial charge < -0.3 is 14.2 Å². The first-order valence-corrected chi connectivity index (χ1v) is 6.71. The number of cyclic esters (lactones) is 1. The number of esters is 1. The molecule has 5 nitrogen and oxygen atoms in total. The van der Waals surface area contributed by atoms with Gasteiger partial charge in [-0.2, -0.15) is 0 Å². The van der Waals surface area contributed by atoms with Crippen molar-refractivity contribution in [3.05, 3.63) is 23.8 Å². The Morgan fingerprint density at radius 3 is 2.55 bits per heavy atom. The lowest BCUT2D eigenvalue weighted by molar-refractivity contribution is -0.153. The van der Waals surface area contributed by atoms with Crippen LogP contribution in [-0.2, 0) is 9.53 Å². The summed E-state index contributed by atoms with van der Waals surface area (Å²) >= 11 is 0. The standard InChI is InChI=1S/C15H21NO4/c1-9(2)14-15(17)20-8-11(16-14)10-5-6-12(18-3)13(7-10)19-4/h5-7,9,11,14,16H,8H2,1-4H3/t11-,14-/m0/s1. The molecule has 5 heteroatoms. The maximum atomic E-state index is 11.7. The van der Waals surface area contributed by atoms with Crippen LogP contribution in [0.25, 0.3) is 0 Å². The van der Waals surface area contributed by atoms with Gasteiger partial charge in [0.25, 0.3) is 0 Å². The van der Waals surface area contributed by atoms with Crippen LogP contribution in [-0.4, -0.2) is 32.8 Å². The van der Waals surface area contributed by atoms with Gasteiger partial charge in [0.1, 0.15) is 12.6 Å². The summed E-state index contributed by atoms with van der Waals surface area (Å²) in [5.41, 5.74) is 1.01. The average Bonchev–Trinajstić information content (AvgIpc) is 2.46. The first-order valence-electron chi connectivity index (χ1n) is 6.71. The molecule has 2 atom stereocenters. The van der Waals surface area contributed by atoms with Gasteiger partial charge >= 0.3 is 5.97 Å². The van der Waals surface area contributed by atoms with Crippen LogP contribution in [0.1, 0.15) is 25.5 Å². The van der Waals surface area contributed by atoms with Crippen molar-refractivity contribution in [2.24, 2.45) is 5.92 Å². The van der Waals surface area contributed by atoms with E-state index in [-0.39, 0.29) is 24.0 Å². The van der Waals surface area contributed by atoms with E-state index in [1.807, 2.05) is 32.0 Å². The van der Waals surface area contributed by atoms with Gasteiger partial charge in [0.15, 0.2) is 11.5 Å². The van der Waals surface area contributed by atoms with Crippen LogP contribution in [0.4, 0.5) is 0 Å². The predicted molar refractivity (Wildman–Crippen MR) is 75.0 cm³/mol. The summed E-state index contributed by atoms with van der Waals surface area (Å²) < 4.78 is 15.8. The summed E-state index contributed by atoms with van der Waals surface area (Å²) in [5.74, 6) is 1.36. The van der Waals surface area contributed by atoms with Gasteiger partial charge in [0, 0.05) is 0 Å². The van der Waals surface area contributed by atoms with Crippen molar-refractivity contribution in [1.82, 2.24) is 5.32 Å². The lowest BCUT2D eigenvalue weighted by Crippen LogP contribution is -2.50. The molecule has 0 aromatic heterocycles. The Kier molecular flexibility index (Phi) is 4.49. The van der Waals surface area contributed by atoms with Crippen LogP contribution in [0, 0.1) is 5.92 Å². The second-order valence-corrected chi connectivity index (χ2v) is 5.19. The van der Waals surface area contributed by atoms with E-state index in [0.717, 1.165) is 5.56 Å². The van der Waals surface area contributed by atoms with E-state index in [4.69, 9.17) is 14.2 Å². The highest BCUT2D eigenvalue weighted by molar-refractivity contribution is 5.77. The third kappa shape index (κ3) is 2.88. The van der Waals surface area contributed by atoms with Crippen molar-refractivity contribution in [1.29, 1.82) is 0 Å². The fourth-order valence-electron chi connectivity index (χ4n) is 2.31. The van der Waals surface area contributed by atoms with Crippen molar-refractivity contribution in [2.75, 3.05) is 20.8 Å². The maximum absolute atomic E-state index is 11.7. The first-order chi connectivity index (χ1) is 9.56. The number of nitrogens with one attached hydrogen (secondary N) is 1. The molecule has 1 aromatic carbocycles. The summed E-state index contributed by atoms with van der Waals surface area (Å²) in [6.07, 6.45) is 0. The largest absolute Gasteiger partial charge is 0.493 e. The van der Waals surface area contributed by atoms with Crippen LogP contribution in [0.3, 0.4) is 0 Å². The summed E-state index contributed by atoms with van der Waals surface area (Å²) in [6, 6.07) is 5.42. The van der Waals surface area contributed by atoms with Crippen LogP contribution < -0.4 is 14.8 Å². The van der Waals surface area contributed by atoms with E-state index in [9.17, 15) is 4.79 Å². The lowest BCUT2D eigenvalue weighted by atomic mass is 9.98. The monoisotopic (exact) mass is 279 g/mol. The lowest BCUT2D eigenvalue weighted by Gasteiger charge is -2.32. The van der Waals surface area contributed by atoms with E-state index in [0.29, 0.717) is 18.1 Å². The molecule has 0 saturated carbocycles. The van der Waals surface area contributed by atoms with E-state index in [2.05, 4.69) is 5.32 Å². The molecule has 0 spiro atoms. The zero-order valence-electron chi connectivity index (χ0n) is 12.3. The van der Waals surface area contributed by atoms with Crippen LogP contribution >= 0.6 is 0 Å². The molecule has 110 valence electrons. The van der Waals surface area contributed by atoms with Crippen LogP contribution in [0.5, 0.6) is 11.5 Å². The Bertz CT molecular complexity index is 487. The van der Waals surface area contributed by atoms with Gasteiger partial charge in [-0.25, -0.2) is 0 Å². The quantitative estimate of drug-likeness (QED) is 0.853. The summed E-state index contributed by atoms with van der Waals surface area (Å²) in [7, 11) is 3.21. The van der Waals surface area contributed by atoms with Crippen LogP contribution in [0.2, 0.25) is 0 Å². The van der Waals surface area contributed by atoms with Gasteiger partial charge in [0.05, 0.1) is 20.3 Å². The highest BCUT2D eigenvalue weighted by Crippen LogP contribution is 2.31. The summed E-state index contributed by atoms with van der Waals surface area (Å²) in [6.45, 7) is 4.32. The number of hydrogen-bond donors (Lipinski definition) is 1. The highest BCUT2D eigenvalue weighted by Gasteiger charge is 2.32. The van der Waals surface area contributed by atoms with Crippen molar-refractivity contribution in [2.45, 2.75) is 25.9 Å². The maximum Gasteiger partial charge on any atom is 0.323 e. The minimum absolute atomic E-state index is 0.0279. The molecule has 1 aromatic rings. The molecule has 1 aliphatic rings. The fourth-order valence-corrected chi connectivity index (χ4v) is 2.31. The second kappa shape index (κ2) is 6.13. The number of hydrogen-bond acceptors (Lipinski definition) is 5. The zero-order chi connectivity index (χ0) is 14.7. The molecule has 0 bridgehead atoms. The molecule has 1 saturated heterocycles. The van der Waals surface area contributed by atoms with Crippen molar-refractivity contribution in [3.63, 3.8) is 0 Å². The van der Waals surface area contributed by atoms with Gasteiger partial charge in [-0.1, -0.05) is 19.9 Å². The van der Waals surface area contributed by atoms with Gasteiger partial charge in [-0.15, -0.1) is 0 Å². The second-order valence-electron chi connectivity index (χ2n) is 5.19. The number of methoxy groups -OCH3 is 2. The number of rotatable bonds is 4. The minimum Gasteiger partial charge on any atom is -0.493 e. The average molecular weight is 279 g/mol. The number of benzene rings is 1. The Balaban J connectivity index is 2.21. The molecule has 2 rings (SSSR count). The Labute approximate surface area is 119 Å². The minimum atomic E-state index is -0.276. The number of carbonyl (C=O) groups excluding carboxylic acids is 1. The zero-order valence-corrected chi connectivity index (χ0v) is 12.3. The third-order valence-corrected chi connectivity index (χ3v) is 3.50. The SMILES string of the molecule is COc1ccc([C@@H]2COC(=O)[C@H](C(C)C)N2)cc1OC. The molecule has 0 amide bonds. The van der Waals surface area contributed by atoms with Gasteiger partial charge in [0.2, 0.25) is 0 Å². The molecular weight excluding hydrogens is 258 g/mol. The van der Waals surface area contributed by atoms with Crippen molar-refractivity contribution >= 4 is 5.97 Å². The van der Waals surface area contributed by atoms with E-state index in [1.165, 1.54) is 0 Å².